The quantitative estimate of drug-likeness (QED) is 0.746. The lowest BCUT2D eigenvalue weighted by atomic mass is 10.2. The summed E-state index contributed by atoms with van der Waals surface area (Å²) < 4.78 is 12.5. The number of rotatable bonds is 7. The summed E-state index contributed by atoms with van der Waals surface area (Å²) in [4.78, 5) is 2.38. The molecular weight excluding hydrogens is 256 g/mol. The van der Waals surface area contributed by atoms with Crippen LogP contribution in [-0.2, 0) is 23.1 Å². The molecule has 114 valence electrons. The molecule has 0 saturated carbocycles. The molecule has 0 spiro atoms. The zero-order chi connectivity index (χ0) is 14.5. The van der Waals surface area contributed by atoms with Crippen LogP contribution in [0, 0.1) is 6.92 Å². The third-order valence-electron chi connectivity index (χ3n) is 3.88. The van der Waals surface area contributed by atoms with Crippen molar-refractivity contribution >= 4 is 5.82 Å². The first kappa shape index (κ1) is 15.3. The molecule has 0 bridgehead atoms. The highest BCUT2D eigenvalue weighted by molar-refractivity contribution is 5.51. The Balaban J connectivity index is 2.07. The van der Waals surface area contributed by atoms with Gasteiger partial charge in [-0.3, -0.25) is 4.68 Å². The predicted octanol–water partition coefficient (Wildman–Crippen LogP) is 0.690. The van der Waals surface area contributed by atoms with Crippen molar-refractivity contribution < 1.29 is 9.47 Å². The maximum absolute atomic E-state index is 5.46. The second kappa shape index (κ2) is 7.06. The number of aryl methyl sites for hydroxylation is 2. The first-order valence-electron chi connectivity index (χ1n) is 7.17. The van der Waals surface area contributed by atoms with Crippen LogP contribution in [0.5, 0.6) is 0 Å². The molecule has 0 aromatic carbocycles. The SMILES string of the molecule is COCCNCc1c(C)nn(C)c1N1CCC(OC)C1. The highest BCUT2D eigenvalue weighted by atomic mass is 16.5. The summed E-state index contributed by atoms with van der Waals surface area (Å²) in [5, 5.41) is 7.98. The molecule has 1 unspecified atom stereocenters. The van der Waals surface area contributed by atoms with Crippen LogP contribution in [0.15, 0.2) is 0 Å². The maximum Gasteiger partial charge on any atom is 0.131 e. The Morgan fingerprint density at radius 2 is 2.20 bits per heavy atom. The van der Waals surface area contributed by atoms with Gasteiger partial charge in [0.05, 0.1) is 18.4 Å². The van der Waals surface area contributed by atoms with Crippen LogP contribution in [0.25, 0.3) is 0 Å². The van der Waals surface area contributed by atoms with Crippen molar-refractivity contribution in [2.24, 2.45) is 7.05 Å². The zero-order valence-electron chi connectivity index (χ0n) is 13.0. The van der Waals surface area contributed by atoms with Gasteiger partial charge in [-0.05, 0) is 13.3 Å². The Morgan fingerprint density at radius 3 is 2.85 bits per heavy atom. The summed E-state index contributed by atoms with van der Waals surface area (Å²) in [6.07, 6.45) is 1.41. The molecular formula is C14H26N4O2. The summed E-state index contributed by atoms with van der Waals surface area (Å²) in [5.74, 6) is 1.21. The van der Waals surface area contributed by atoms with Crippen LogP contribution < -0.4 is 10.2 Å². The number of ether oxygens (including phenoxy) is 2. The number of methoxy groups -OCH3 is 2. The molecule has 1 N–H and O–H groups in total. The van der Waals surface area contributed by atoms with Gasteiger partial charge >= 0.3 is 0 Å². The lowest BCUT2D eigenvalue weighted by molar-refractivity contribution is 0.121. The topological polar surface area (TPSA) is 51.5 Å². The van der Waals surface area contributed by atoms with E-state index in [0.29, 0.717) is 6.10 Å². The summed E-state index contributed by atoms with van der Waals surface area (Å²) >= 11 is 0. The fourth-order valence-electron chi connectivity index (χ4n) is 2.79. The molecule has 1 aromatic rings. The summed E-state index contributed by atoms with van der Waals surface area (Å²) in [7, 11) is 5.52. The normalized spacial score (nSPS) is 19.0. The molecule has 0 radical (unpaired) electrons. The van der Waals surface area contributed by atoms with Crippen molar-refractivity contribution in [2.75, 3.05) is 45.4 Å². The van der Waals surface area contributed by atoms with Gasteiger partial charge in [-0.25, -0.2) is 0 Å². The molecule has 1 atom stereocenters. The van der Waals surface area contributed by atoms with Gasteiger partial charge < -0.3 is 19.7 Å². The van der Waals surface area contributed by atoms with Gasteiger partial charge in [0.25, 0.3) is 0 Å². The van der Waals surface area contributed by atoms with Gasteiger partial charge in [0, 0.05) is 53.0 Å². The van der Waals surface area contributed by atoms with E-state index in [-0.39, 0.29) is 0 Å². The first-order chi connectivity index (χ1) is 9.67. The third-order valence-corrected chi connectivity index (χ3v) is 3.88. The molecule has 1 aliphatic heterocycles. The molecule has 20 heavy (non-hydrogen) atoms. The number of hydrogen-bond acceptors (Lipinski definition) is 5. The van der Waals surface area contributed by atoms with Gasteiger partial charge in [0.2, 0.25) is 0 Å². The first-order valence-corrected chi connectivity index (χ1v) is 7.17. The minimum Gasteiger partial charge on any atom is -0.383 e. The molecule has 6 heteroatoms. The van der Waals surface area contributed by atoms with Crippen molar-refractivity contribution in [3.05, 3.63) is 11.3 Å². The smallest absolute Gasteiger partial charge is 0.131 e. The number of hydrogen-bond donors (Lipinski definition) is 1. The van der Waals surface area contributed by atoms with E-state index in [1.165, 1.54) is 11.4 Å². The Bertz CT molecular complexity index is 433. The second-order valence-electron chi connectivity index (χ2n) is 5.27. The Hall–Kier alpha value is -1.11. The molecule has 0 aliphatic carbocycles. The van der Waals surface area contributed by atoms with E-state index in [1.807, 2.05) is 11.7 Å². The highest BCUT2D eigenvalue weighted by Crippen LogP contribution is 2.27. The van der Waals surface area contributed by atoms with E-state index in [2.05, 4.69) is 22.2 Å². The predicted molar refractivity (Wildman–Crippen MR) is 79.2 cm³/mol. The summed E-state index contributed by atoms with van der Waals surface area (Å²) in [6, 6.07) is 0. The van der Waals surface area contributed by atoms with E-state index in [9.17, 15) is 0 Å². The number of nitrogens with zero attached hydrogens (tertiary/aromatic N) is 3. The average Bonchev–Trinajstić information content (AvgIpc) is 2.99. The number of aromatic nitrogens is 2. The van der Waals surface area contributed by atoms with Crippen LogP contribution in [0.4, 0.5) is 5.82 Å². The lowest BCUT2D eigenvalue weighted by Crippen LogP contribution is -2.27. The second-order valence-corrected chi connectivity index (χ2v) is 5.27. The van der Waals surface area contributed by atoms with Crippen molar-refractivity contribution in [1.29, 1.82) is 0 Å². The maximum atomic E-state index is 5.46. The molecule has 1 saturated heterocycles. The van der Waals surface area contributed by atoms with Crippen molar-refractivity contribution in [2.45, 2.75) is 26.0 Å². The lowest BCUT2D eigenvalue weighted by Gasteiger charge is -2.20. The highest BCUT2D eigenvalue weighted by Gasteiger charge is 2.27. The minimum atomic E-state index is 0.333. The van der Waals surface area contributed by atoms with Crippen LogP contribution in [0.2, 0.25) is 0 Å². The van der Waals surface area contributed by atoms with Crippen LogP contribution >= 0.6 is 0 Å². The van der Waals surface area contributed by atoms with Gasteiger partial charge in [0.1, 0.15) is 5.82 Å². The fourth-order valence-corrected chi connectivity index (χ4v) is 2.79. The molecule has 2 heterocycles. The monoisotopic (exact) mass is 282 g/mol. The Morgan fingerprint density at radius 1 is 1.40 bits per heavy atom. The standard InChI is InChI=1S/C14H26N4O2/c1-11-13(9-15-6-8-19-3)14(17(2)16-11)18-7-5-12(10-18)20-4/h12,15H,5-10H2,1-4H3. The van der Waals surface area contributed by atoms with Crippen molar-refractivity contribution in [3.63, 3.8) is 0 Å². The minimum absolute atomic E-state index is 0.333. The molecule has 2 rings (SSSR count). The number of anilines is 1. The van der Waals surface area contributed by atoms with E-state index < -0.39 is 0 Å². The van der Waals surface area contributed by atoms with Crippen LogP contribution in [0.1, 0.15) is 17.7 Å². The molecule has 1 aliphatic rings. The zero-order valence-corrected chi connectivity index (χ0v) is 13.0. The van der Waals surface area contributed by atoms with Crippen molar-refractivity contribution in [1.82, 2.24) is 15.1 Å². The van der Waals surface area contributed by atoms with Crippen LogP contribution in [0.3, 0.4) is 0 Å². The number of nitrogens with one attached hydrogen (secondary N) is 1. The molecule has 0 amide bonds. The van der Waals surface area contributed by atoms with Crippen molar-refractivity contribution in [3.8, 4) is 0 Å². The van der Waals surface area contributed by atoms with Gasteiger partial charge in [-0.15, -0.1) is 0 Å². The largest absolute Gasteiger partial charge is 0.383 e. The summed E-state index contributed by atoms with van der Waals surface area (Å²) in [5.41, 5.74) is 2.37. The van der Waals surface area contributed by atoms with Gasteiger partial charge in [0.15, 0.2) is 0 Å². The Labute approximate surface area is 121 Å². The van der Waals surface area contributed by atoms with Gasteiger partial charge in [-0.2, -0.15) is 5.10 Å². The van der Waals surface area contributed by atoms with Crippen LogP contribution in [-0.4, -0.2) is 56.3 Å². The van der Waals surface area contributed by atoms with E-state index >= 15 is 0 Å². The van der Waals surface area contributed by atoms with E-state index in [1.54, 1.807) is 14.2 Å². The average molecular weight is 282 g/mol. The molecule has 1 fully saturated rings. The molecule has 6 nitrogen and oxygen atoms in total. The fraction of sp³-hybridized carbons (Fsp3) is 0.786. The molecule has 1 aromatic heterocycles. The third kappa shape index (κ3) is 3.31. The summed E-state index contributed by atoms with van der Waals surface area (Å²) in [6.45, 7) is 6.45. The van der Waals surface area contributed by atoms with E-state index in [0.717, 1.165) is 44.9 Å². The Kier molecular flexibility index (Phi) is 5.39. The van der Waals surface area contributed by atoms with Gasteiger partial charge in [-0.1, -0.05) is 0 Å². The van der Waals surface area contributed by atoms with E-state index in [4.69, 9.17) is 9.47 Å².